The van der Waals surface area contributed by atoms with E-state index in [2.05, 4.69) is 6.07 Å². The first-order chi connectivity index (χ1) is 4.86. The van der Waals surface area contributed by atoms with Crippen LogP contribution in [0.4, 0.5) is 20.8 Å². The minimum absolute atomic E-state index is 0.806. The molecule has 0 saturated carbocycles. The summed E-state index contributed by atoms with van der Waals surface area (Å²) >= 11 is -11.1. The Kier molecular flexibility index (Phi) is 3.74. The second kappa shape index (κ2) is 3.17. The van der Waals surface area contributed by atoms with Crippen LogP contribution >= 0.6 is 0 Å². The number of halogens is 6. The van der Waals surface area contributed by atoms with Crippen molar-refractivity contribution in [3.63, 3.8) is 0 Å². The van der Waals surface area contributed by atoms with Gasteiger partial charge >= 0.3 is 35.0 Å². The number of unbranched alkanes of at least 4 members (excludes halogenated alkanes) is 1. The minimum atomic E-state index is -11.1. The molecule has 0 amide bonds. The zero-order chi connectivity index (χ0) is 10.5. The van der Waals surface area contributed by atoms with E-state index in [0.717, 1.165) is 12.8 Å². The molecule has 0 aromatic heterocycles. The van der Waals surface area contributed by atoms with Crippen LogP contribution in [0.15, 0.2) is 0 Å². The number of nitrogens with one attached hydrogen (secondary N) is 1. The summed E-state index contributed by atoms with van der Waals surface area (Å²) in [5, 5.41) is 6.35. The number of rotatable bonds is 1. The third-order valence-electron chi connectivity index (χ3n) is 0.375. The van der Waals surface area contributed by atoms with Crippen LogP contribution in [0.3, 0.4) is 0 Å². The van der Waals surface area contributed by atoms with Crippen LogP contribution in [0, 0.1) is 6.07 Å². The average molecular weight is 259 g/mol. The van der Waals surface area contributed by atoms with E-state index in [1.54, 1.807) is 0 Å². The van der Waals surface area contributed by atoms with Crippen LogP contribution < -0.4 is 5.26 Å². The van der Waals surface area contributed by atoms with Crippen LogP contribution in [0.5, 0.6) is 0 Å². The Bertz CT molecular complexity index is 159. The van der Waals surface area contributed by atoms with Gasteiger partial charge in [-0.15, -0.1) is 5.26 Å². The molecule has 1 N–H and O–H groups in total. The number of hydrogen-bond acceptors (Lipinski definition) is 0. The molecule has 0 aliphatic carbocycles. The Morgan fingerprint density at radius 3 is 1.33 bits per heavy atom. The standard InChI is InChI=1S/C4H7N.AsF6/c1-2-3-4-5;2-1(3,4,5,6)7/h2-3H2,1H3;/q;-1/p+1. The molecule has 0 fully saturated rings. The Hall–Kier alpha value is -0.372. The fraction of sp³-hybridized carbons (Fsp3) is 0.750. The van der Waals surface area contributed by atoms with Gasteiger partial charge in [-0.25, -0.2) is 0 Å². The Morgan fingerprint density at radius 2 is 1.33 bits per heavy atom. The topological polar surface area (TPSA) is 23.8 Å². The normalized spacial score (nSPS) is 16.2. The molecule has 0 aromatic carbocycles. The molecule has 0 radical (unpaired) electrons. The first kappa shape index (κ1) is 14.2. The van der Waals surface area contributed by atoms with Gasteiger partial charge in [0.25, 0.3) is 6.07 Å². The van der Waals surface area contributed by atoms with E-state index in [0.29, 0.717) is 0 Å². The maximum atomic E-state index is 9.91. The van der Waals surface area contributed by atoms with Crippen LogP contribution in [0.25, 0.3) is 0 Å². The zero-order valence-electron chi connectivity index (χ0n) is 6.13. The summed E-state index contributed by atoms with van der Waals surface area (Å²) in [6.07, 6.45) is 1.85. The fourth-order valence-electron chi connectivity index (χ4n) is 0.125. The molecule has 0 aliphatic rings. The van der Waals surface area contributed by atoms with E-state index in [1.165, 1.54) is 0 Å². The van der Waals surface area contributed by atoms with Crippen molar-refractivity contribution >= 4 is 14.2 Å². The molecule has 0 saturated heterocycles. The summed E-state index contributed by atoms with van der Waals surface area (Å²) in [6.45, 7) is 2.03. The molecule has 0 bridgehead atoms. The second-order valence-electron chi connectivity index (χ2n) is 1.89. The van der Waals surface area contributed by atoms with Gasteiger partial charge in [0, 0.05) is 0 Å². The third-order valence-corrected chi connectivity index (χ3v) is 0.375. The van der Waals surface area contributed by atoms with Crippen LogP contribution in [-0.4, -0.2) is 14.2 Å². The maximum absolute atomic E-state index is 11.1. The summed E-state index contributed by atoms with van der Waals surface area (Å²) in [5.41, 5.74) is 0. The Balaban J connectivity index is 0. The average Bonchev–Trinajstić information content (AvgIpc) is 1.58. The Morgan fingerprint density at radius 1 is 1.08 bits per heavy atom. The van der Waals surface area contributed by atoms with Crippen LogP contribution in [0.2, 0.25) is 0 Å². The molecule has 0 rings (SSSR count). The van der Waals surface area contributed by atoms with Gasteiger partial charge in [0.2, 0.25) is 0 Å². The predicted molar refractivity (Wildman–Crippen MR) is 32.2 cm³/mol. The van der Waals surface area contributed by atoms with Crippen LogP contribution in [-0.2, 0) is 0 Å². The summed E-state index contributed by atoms with van der Waals surface area (Å²) in [5.74, 6) is 0. The molecule has 76 valence electrons. The van der Waals surface area contributed by atoms with E-state index in [4.69, 9.17) is 5.26 Å². The summed E-state index contributed by atoms with van der Waals surface area (Å²) in [6, 6.07) is 2.27. The molecule has 1 nitrogen and oxygen atoms in total. The van der Waals surface area contributed by atoms with Gasteiger partial charge < -0.3 is 0 Å². The van der Waals surface area contributed by atoms with E-state index in [9.17, 15) is 20.8 Å². The van der Waals surface area contributed by atoms with Gasteiger partial charge in [-0.1, -0.05) is 6.92 Å². The Labute approximate surface area is 66.8 Å². The van der Waals surface area contributed by atoms with E-state index in [-0.39, 0.29) is 0 Å². The van der Waals surface area contributed by atoms with Gasteiger partial charge in [-0.2, -0.15) is 0 Å². The van der Waals surface area contributed by atoms with Crippen molar-refractivity contribution in [2.24, 2.45) is 0 Å². The van der Waals surface area contributed by atoms with E-state index in [1.807, 2.05) is 6.92 Å². The van der Waals surface area contributed by atoms with Gasteiger partial charge in [0.15, 0.2) is 0 Å². The van der Waals surface area contributed by atoms with Crippen molar-refractivity contribution in [1.82, 2.24) is 0 Å². The predicted octanol–water partition coefficient (Wildman–Crippen LogP) is 1.70. The van der Waals surface area contributed by atoms with Crippen molar-refractivity contribution in [3.05, 3.63) is 0 Å². The first-order valence-corrected chi connectivity index (χ1v) is 7.08. The van der Waals surface area contributed by atoms with E-state index < -0.39 is 14.2 Å². The summed E-state index contributed by atoms with van der Waals surface area (Å²) in [7, 11) is 0. The molecule has 0 atom stereocenters. The quantitative estimate of drug-likeness (QED) is 0.547. The summed E-state index contributed by atoms with van der Waals surface area (Å²) in [4.78, 5) is 0. The third kappa shape index (κ3) is 270. The molecule has 8 heteroatoms. The van der Waals surface area contributed by atoms with Gasteiger partial charge in [0.05, 0.1) is 6.42 Å². The van der Waals surface area contributed by atoms with Gasteiger partial charge in [-0.3, -0.25) is 0 Å². The molecule has 0 unspecified atom stereocenters. The second-order valence-corrected chi connectivity index (χ2v) is 5.91. The zero-order valence-corrected chi connectivity index (χ0v) is 8.01. The molecule has 0 aliphatic heterocycles. The molecular weight excluding hydrogens is 251 g/mol. The van der Waals surface area contributed by atoms with Crippen molar-refractivity contribution < 1.29 is 26.1 Å². The van der Waals surface area contributed by atoms with Crippen molar-refractivity contribution in [2.75, 3.05) is 0 Å². The van der Waals surface area contributed by atoms with Gasteiger partial charge in [-0.05, 0) is 6.42 Å². The SMILES string of the molecule is CCCC#[NH+].F[As-](F)(F)(F)(F)F. The van der Waals surface area contributed by atoms with Crippen LogP contribution in [0.1, 0.15) is 19.8 Å². The molecule has 12 heavy (non-hydrogen) atoms. The molecule has 0 heterocycles. The van der Waals surface area contributed by atoms with Crippen molar-refractivity contribution in [3.8, 4) is 6.07 Å². The van der Waals surface area contributed by atoms with E-state index >= 15 is 0 Å². The molecular formula is C4H8AsF6N. The molecule has 0 aromatic rings. The van der Waals surface area contributed by atoms with Crippen molar-refractivity contribution in [1.29, 1.82) is 0 Å². The first-order valence-electron chi connectivity index (χ1n) is 2.82. The van der Waals surface area contributed by atoms with Gasteiger partial charge in [0.1, 0.15) is 0 Å². The summed E-state index contributed by atoms with van der Waals surface area (Å²) < 4.78 is 59.4. The monoisotopic (exact) mass is 259 g/mol. The molecule has 0 spiro atoms. The van der Waals surface area contributed by atoms with Crippen molar-refractivity contribution in [2.45, 2.75) is 19.8 Å². The fourth-order valence-corrected chi connectivity index (χ4v) is 0.125. The number of hydrogen-bond donors (Lipinski definition) is 1.